The van der Waals surface area contributed by atoms with Crippen LogP contribution in [0.2, 0.25) is 0 Å². The van der Waals surface area contributed by atoms with E-state index < -0.39 is 11.5 Å². The zero-order valence-electron chi connectivity index (χ0n) is 11.7. The first kappa shape index (κ1) is 14.3. The lowest BCUT2D eigenvalue weighted by Crippen LogP contribution is -2.40. The van der Waals surface area contributed by atoms with E-state index in [1.807, 2.05) is 50.4 Å². The third kappa shape index (κ3) is 3.24. The second kappa shape index (κ2) is 5.46. The molecule has 1 heterocycles. The van der Waals surface area contributed by atoms with Gasteiger partial charge in [-0.15, -0.1) is 0 Å². The van der Waals surface area contributed by atoms with Crippen molar-refractivity contribution in [2.24, 2.45) is 5.73 Å². The van der Waals surface area contributed by atoms with Crippen LogP contribution in [0.5, 0.6) is 0 Å². The Kier molecular flexibility index (Phi) is 3.90. The minimum absolute atomic E-state index is 0.00994. The van der Waals surface area contributed by atoms with Crippen LogP contribution in [-0.2, 0) is 4.79 Å². The van der Waals surface area contributed by atoms with Crippen LogP contribution in [0, 0.1) is 0 Å². The lowest BCUT2D eigenvalue weighted by atomic mass is 9.82. The van der Waals surface area contributed by atoms with E-state index in [-0.39, 0.29) is 12.3 Å². The number of carboxylic acid groups (broad SMARTS) is 1. The third-order valence-corrected chi connectivity index (χ3v) is 3.30. The smallest absolute Gasteiger partial charge is 0.304 e. The van der Waals surface area contributed by atoms with E-state index in [0.29, 0.717) is 0 Å². The van der Waals surface area contributed by atoms with Crippen molar-refractivity contribution in [3.63, 3.8) is 0 Å². The first-order valence-electron chi connectivity index (χ1n) is 6.48. The molecule has 0 aliphatic rings. The van der Waals surface area contributed by atoms with Crippen molar-refractivity contribution < 1.29 is 9.90 Å². The summed E-state index contributed by atoms with van der Waals surface area (Å²) >= 11 is 0. The van der Waals surface area contributed by atoms with Crippen LogP contribution in [0.25, 0.3) is 5.69 Å². The summed E-state index contributed by atoms with van der Waals surface area (Å²) in [6.45, 7) is 3.67. The van der Waals surface area contributed by atoms with Gasteiger partial charge in [0, 0.05) is 17.7 Å². The van der Waals surface area contributed by atoms with Crippen molar-refractivity contribution in [1.29, 1.82) is 0 Å². The summed E-state index contributed by atoms with van der Waals surface area (Å²) in [5, 5.41) is 13.3. The Hall–Kier alpha value is -2.14. The fraction of sp³-hybridized carbons (Fsp3) is 0.333. The molecule has 0 radical (unpaired) electrons. The Morgan fingerprint density at radius 2 is 2.05 bits per heavy atom. The Morgan fingerprint density at radius 3 is 2.60 bits per heavy atom. The molecule has 0 aliphatic heterocycles. The van der Waals surface area contributed by atoms with E-state index >= 15 is 0 Å². The van der Waals surface area contributed by atoms with Crippen LogP contribution in [-0.4, -0.2) is 26.4 Å². The lowest BCUT2D eigenvalue weighted by Gasteiger charge is -2.28. The normalized spacial score (nSPS) is 13.2. The molecule has 0 fully saturated rings. The number of benzene rings is 1. The molecule has 0 bridgehead atoms. The van der Waals surface area contributed by atoms with Gasteiger partial charge in [0.1, 0.15) is 0 Å². The average molecular weight is 273 g/mol. The fourth-order valence-corrected chi connectivity index (χ4v) is 2.22. The predicted molar refractivity (Wildman–Crippen MR) is 76.8 cm³/mol. The largest absolute Gasteiger partial charge is 0.481 e. The molecule has 0 amide bonds. The number of carboxylic acids is 1. The molecule has 3 N–H and O–H groups in total. The van der Waals surface area contributed by atoms with E-state index in [2.05, 4.69) is 5.10 Å². The number of aliphatic carboxylic acids is 1. The van der Waals surface area contributed by atoms with Crippen molar-refractivity contribution in [2.45, 2.75) is 31.7 Å². The molecule has 106 valence electrons. The number of carbonyl (C=O) groups is 1. The average Bonchev–Trinajstić information content (AvgIpc) is 2.84. The molecule has 0 spiro atoms. The van der Waals surface area contributed by atoms with E-state index in [0.717, 1.165) is 11.3 Å². The van der Waals surface area contributed by atoms with E-state index in [1.165, 1.54) is 0 Å². The number of para-hydroxylation sites is 1. The van der Waals surface area contributed by atoms with Crippen LogP contribution in [0.1, 0.15) is 31.7 Å². The first-order chi connectivity index (χ1) is 9.38. The van der Waals surface area contributed by atoms with E-state index in [9.17, 15) is 4.79 Å². The highest BCUT2D eigenvalue weighted by atomic mass is 16.4. The maximum absolute atomic E-state index is 11.0. The fourth-order valence-electron chi connectivity index (χ4n) is 2.22. The van der Waals surface area contributed by atoms with Crippen LogP contribution in [0.4, 0.5) is 0 Å². The molecular formula is C15H19N3O2. The molecule has 5 heteroatoms. The number of hydrogen-bond acceptors (Lipinski definition) is 3. The quantitative estimate of drug-likeness (QED) is 0.874. The van der Waals surface area contributed by atoms with Gasteiger partial charge in [-0.2, -0.15) is 5.10 Å². The molecule has 1 atom stereocenters. The summed E-state index contributed by atoms with van der Waals surface area (Å²) in [4.78, 5) is 11.0. The summed E-state index contributed by atoms with van der Waals surface area (Å²) in [5.41, 5.74) is 7.26. The molecular weight excluding hydrogens is 254 g/mol. The molecule has 0 aliphatic carbocycles. The number of nitrogens with zero attached hydrogens (tertiary/aromatic N) is 2. The maximum atomic E-state index is 11.0. The Morgan fingerprint density at radius 1 is 1.40 bits per heavy atom. The van der Waals surface area contributed by atoms with Gasteiger partial charge in [-0.05, 0) is 31.5 Å². The van der Waals surface area contributed by atoms with Crippen molar-refractivity contribution >= 4 is 5.97 Å². The standard InChI is InChI=1S/C15H19N3O2/c1-15(2,16)13(8-14(19)20)11-9-17-18(10-11)12-6-4-3-5-7-12/h3-7,9-10,13H,8,16H2,1-2H3,(H,19,20). The zero-order chi connectivity index (χ0) is 14.8. The highest BCUT2D eigenvalue weighted by molar-refractivity contribution is 5.68. The van der Waals surface area contributed by atoms with Gasteiger partial charge in [0.2, 0.25) is 0 Å². The molecule has 0 saturated carbocycles. The summed E-state index contributed by atoms with van der Waals surface area (Å²) in [6.07, 6.45) is 3.52. The molecule has 5 nitrogen and oxygen atoms in total. The van der Waals surface area contributed by atoms with Crippen molar-refractivity contribution in [1.82, 2.24) is 9.78 Å². The molecule has 0 saturated heterocycles. The highest BCUT2D eigenvalue weighted by Gasteiger charge is 2.30. The number of hydrogen-bond donors (Lipinski definition) is 2. The monoisotopic (exact) mass is 273 g/mol. The van der Waals surface area contributed by atoms with Crippen LogP contribution in [0.15, 0.2) is 42.7 Å². The van der Waals surface area contributed by atoms with Gasteiger partial charge < -0.3 is 10.8 Å². The topological polar surface area (TPSA) is 81.1 Å². The summed E-state index contributed by atoms with van der Waals surface area (Å²) in [6, 6.07) is 9.67. The van der Waals surface area contributed by atoms with E-state index in [1.54, 1.807) is 10.9 Å². The number of nitrogens with two attached hydrogens (primary N) is 1. The molecule has 1 aromatic heterocycles. The van der Waals surface area contributed by atoms with Gasteiger partial charge in [0.25, 0.3) is 0 Å². The Labute approximate surface area is 118 Å². The second-order valence-corrected chi connectivity index (χ2v) is 5.53. The van der Waals surface area contributed by atoms with Crippen molar-refractivity contribution in [3.05, 3.63) is 48.3 Å². The second-order valence-electron chi connectivity index (χ2n) is 5.53. The van der Waals surface area contributed by atoms with Gasteiger partial charge in [-0.1, -0.05) is 18.2 Å². The highest BCUT2D eigenvalue weighted by Crippen LogP contribution is 2.29. The van der Waals surface area contributed by atoms with E-state index in [4.69, 9.17) is 10.8 Å². The van der Waals surface area contributed by atoms with Crippen LogP contribution >= 0.6 is 0 Å². The first-order valence-corrected chi connectivity index (χ1v) is 6.48. The molecule has 20 heavy (non-hydrogen) atoms. The van der Waals surface area contributed by atoms with Crippen molar-refractivity contribution in [3.8, 4) is 5.69 Å². The number of aromatic nitrogens is 2. The zero-order valence-corrected chi connectivity index (χ0v) is 11.7. The molecule has 2 aromatic rings. The van der Waals surface area contributed by atoms with Crippen molar-refractivity contribution in [2.75, 3.05) is 0 Å². The summed E-state index contributed by atoms with van der Waals surface area (Å²) in [5.74, 6) is -1.14. The summed E-state index contributed by atoms with van der Waals surface area (Å²) in [7, 11) is 0. The lowest BCUT2D eigenvalue weighted by molar-refractivity contribution is -0.137. The Balaban J connectivity index is 2.32. The minimum atomic E-state index is -0.860. The number of rotatable bonds is 5. The summed E-state index contributed by atoms with van der Waals surface area (Å²) < 4.78 is 1.73. The minimum Gasteiger partial charge on any atom is -0.481 e. The van der Waals surface area contributed by atoms with Crippen LogP contribution < -0.4 is 5.73 Å². The SMILES string of the molecule is CC(C)(N)C(CC(=O)O)c1cnn(-c2ccccc2)c1. The van der Waals surface area contributed by atoms with Gasteiger partial charge in [-0.25, -0.2) is 4.68 Å². The maximum Gasteiger partial charge on any atom is 0.304 e. The molecule has 1 aromatic carbocycles. The van der Waals surface area contributed by atoms with Gasteiger partial charge >= 0.3 is 5.97 Å². The Bertz CT molecular complexity index is 585. The molecule has 2 rings (SSSR count). The predicted octanol–water partition coefficient (Wildman–Crippen LogP) is 2.17. The van der Waals surface area contributed by atoms with Gasteiger partial charge in [0.15, 0.2) is 0 Å². The van der Waals surface area contributed by atoms with Crippen LogP contribution in [0.3, 0.4) is 0 Å². The van der Waals surface area contributed by atoms with Gasteiger partial charge in [0.05, 0.1) is 18.3 Å². The van der Waals surface area contributed by atoms with Gasteiger partial charge in [-0.3, -0.25) is 4.79 Å². The third-order valence-electron chi connectivity index (χ3n) is 3.30. The molecule has 1 unspecified atom stereocenters.